The maximum absolute atomic E-state index is 13.4. The summed E-state index contributed by atoms with van der Waals surface area (Å²) < 4.78 is 18.4. The van der Waals surface area contributed by atoms with Gasteiger partial charge in [-0.15, -0.1) is 0 Å². The Morgan fingerprint density at radius 2 is 2.12 bits per heavy atom. The number of halogens is 1. The molecule has 0 amide bonds. The van der Waals surface area contributed by atoms with Crippen molar-refractivity contribution >= 4 is 11.4 Å². The van der Waals surface area contributed by atoms with Gasteiger partial charge in [0.2, 0.25) is 0 Å². The van der Waals surface area contributed by atoms with Crippen LogP contribution in [-0.2, 0) is 0 Å². The number of nitrogens with zero attached hydrogens (tertiary/aromatic N) is 1. The standard InChI is InChI=1S/C13H19FN2O/c1-8(9-4-5-9)16(2)12-7-13(17-3)10(14)6-11(12)15/h6-9H,4-5,15H2,1-3H3. The Kier molecular flexibility index (Phi) is 3.13. The second kappa shape index (κ2) is 4.43. The largest absolute Gasteiger partial charge is 0.494 e. The van der Waals surface area contributed by atoms with E-state index in [-0.39, 0.29) is 5.75 Å². The molecule has 0 spiro atoms. The highest BCUT2D eigenvalue weighted by Crippen LogP contribution is 2.38. The van der Waals surface area contributed by atoms with Crippen LogP contribution < -0.4 is 15.4 Å². The Bertz CT molecular complexity index is 418. The Morgan fingerprint density at radius 1 is 1.47 bits per heavy atom. The first-order valence-corrected chi connectivity index (χ1v) is 5.90. The molecule has 0 aliphatic heterocycles. The van der Waals surface area contributed by atoms with E-state index in [2.05, 4.69) is 11.8 Å². The molecule has 17 heavy (non-hydrogen) atoms. The third-order valence-electron chi connectivity index (χ3n) is 3.60. The number of hydrogen-bond donors (Lipinski definition) is 1. The summed E-state index contributed by atoms with van der Waals surface area (Å²) in [5.41, 5.74) is 7.16. The van der Waals surface area contributed by atoms with Crippen LogP contribution >= 0.6 is 0 Å². The number of methoxy groups -OCH3 is 1. The first kappa shape index (κ1) is 12.0. The summed E-state index contributed by atoms with van der Waals surface area (Å²) in [6.07, 6.45) is 2.54. The van der Waals surface area contributed by atoms with Crippen molar-refractivity contribution in [2.45, 2.75) is 25.8 Å². The monoisotopic (exact) mass is 238 g/mol. The lowest BCUT2D eigenvalue weighted by atomic mass is 10.1. The minimum atomic E-state index is -0.416. The fourth-order valence-electron chi connectivity index (χ4n) is 2.13. The van der Waals surface area contributed by atoms with Crippen LogP contribution in [0.2, 0.25) is 0 Å². The van der Waals surface area contributed by atoms with E-state index in [4.69, 9.17) is 10.5 Å². The Morgan fingerprint density at radius 3 is 2.65 bits per heavy atom. The van der Waals surface area contributed by atoms with Crippen LogP contribution in [0.4, 0.5) is 15.8 Å². The van der Waals surface area contributed by atoms with Gasteiger partial charge >= 0.3 is 0 Å². The SMILES string of the molecule is COc1cc(N(C)C(C)C2CC2)c(N)cc1F. The zero-order valence-electron chi connectivity index (χ0n) is 10.5. The summed E-state index contributed by atoms with van der Waals surface area (Å²) in [5, 5.41) is 0. The van der Waals surface area contributed by atoms with Gasteiger partial charge in [0.25, 0.3) is 0 Å². The van der Waals surface area contributed by atoms with Crippen LogP contribution in [0.15, 0.2) is 12.1 Å². The molecule has 1 aliphatic rings. The lowest BCUT2D eigenvalue weighted by molar-refractivity contribution is 0.386. The first-order valence-electron chi connectivity index (χ1n) is 5.90. The van der Waals surface area contributed by atoms with Crippen molar-refractivity contribution in [3.8, 4) is 5.75 Å². The lowest BCUT2D eigenvalue weighted by Gasteiger charge is -2.28. The summed E-state index contributed by atoms with van der Waals surface area (Å²) in [7, 11) is 3.45. The lowest BCUT2D eigenvalue weighted by Crippen LogP contribution is -2.31. The molecule has 1 atom stereocenters. The Labute approximate surface area is 101 Å². The molecule has 0 aromatic heterocycles. The van der Waals surface area contributed by atoms with Gasteiger partial charge in [-0.2, -0.15) is 0 Å². The van der Waals surface area contributed by atoms with Crippen LogP contribution in [0.1, 0.15) is 19.8 Å². The average molecular weight is 238 g/mol. The van der Waals surface area contributed by atoms with Gasteiger partial charge in [0, 0.05) is 25.2 Å². The highest BCUT2D eigenvalue weighted by Gasteiger charge is 2.31. The summed E-state index contributed by atoms with van der Waals surface area (Å²) >= 11 is 0. The minimum Gasteiger partial charge on any atom is -0.494 e. The number of nitrogen functional groups attached to an aromatic ring is 1. The third-order valence-corrected chi connectivity index (χ3v) is 3.60. The molecule has 0 heterocycles. The van der Waals surface area contributed by atoms with Crippen LogP contribution in [-0.4, -0.2) is 20.2 Å². The van der Waals surface area contributed by atoms with Crippen LogP contribution in [0.5, 0.6) is 5.75 Å². The van der Waals surface area contributed by atoms with Crippen molar-refractivity contribution in [1.29, 1.82) is 0 Å². The molecule has 2 rings (SSSR count). The van der Waals surface area contributed by atoms with Gasteiger partial charge in [-0.3, -0.25) is 0 Å². The van der Waals surface area contributed by atoms with E-state index < -0.39 is 5.82 Å². The molecule has 0 radical (unpaired) electrons. The fourth-order valence-corrected chi connectivity index (χ4v) is 2.13. The van der Waals surface area contributed by atoms with Crippen molar-refractivity contribution in [2.24, 2.45) is 5.92 Å². The molecule has 1 aromatic carbocycles. The van der Waals surface area contributed by atoms with E-state index in [9.17, 15) is 4.39 Å². The summed E-state index contributed by atoms with van der Waals surface area (Å²) in [4.78, 5) is 2.11. The molecule has 2 N–H and O–H groups in total. The van der Waals surface area contributed by atoms with Crippen molar-refractivity contribution < 1.29 is 9.13 Å². The molecule has 1 aromatic rings. The number of hydrogen-bond acceptors (Lipinski definition) is 3. The smallest absolute Gasteiger partial charge is 0.167 e. The quantitative estimate of drug-likeness (QED) is 0.819. The molecule has 1 saturated carbocycles. The summed E-state index contributed by atoms with van der Waals surface area (Å²) in [6, 6.07) is 3.42. The van der Waals surface area contributed by atoms with E-state index >= 15 is 0 Å². The van der Waals surface area contributed by atoms with Gasteiger partial charge in [-0.25, -0.2) is 4.39 Å². The average Bonchev–Trinajstić information content (AvgIpc) is 3.11. The number of rotatable bonds is 4. The van der Waals surface area contributed by atoms with E-state index in [1.165, 1.54) is 26.0 Å². The zero-order valence-corrected chi connectivity index (χ0v) is 10.5. The molecule has 0 saturated heterocycles. The second-order valence-corrected chi connectivity index (χ2v) is 4.73. The van der Waals surface area contributed by atoms with Gasteiger partial charge in [0.05, 0.1) is 18.5 Å². The minimum absolute atomic E-state index is 0.240. The molecule has 1 fully saturated rings. The third kappa shape index (κ3) is 2.30. The fraction of sp³-hybridized carbons (Fsp3) is 0.538. The van der Waals surface area contributed by atoms with Gasteiger partial charge in [-0.05, 0) is 25.7 Å². The highest BCUT2D eigenvalue weighted by molar-refractivity contribution is 5.70. The molecular formula is C13H19FN2O. The second-order valence-electron chi connectivity index (χ2n) is 4.73. The zero-order chi connectivity index (χ0) is 12.6. The molecule has 3 nitrogen and oxygen atoms in total. The number of nitrogens with two attached hydrogens (primary N) is 1. The topological polar surface area (TPSA) is 38.5 Å². The maximum Gasteiger partial charge on any atom is 0.167 e. The van der Waals surface area contributed by atoms with E-state index in [1.54, 1.807) is 6.07 Å². The van der Waals surface area contributed by atoms with Crippen molar-refractivity contribution in [3.63, 3.8) is 0 Å². The van der Waals surface area contributed by atoms with Gasteiger partial charge < -0.3 is 15.4 Å². The van der Waals surface area contributed by atoms with E-state index in [0.29, 0.717) is 11.7 Å². The molecule has 94 valence electrons. The number of anilines is 2. The van der Waals surface area contributed by atoms with Gasteiger partial charge in [0.1, 0.15) is 0 Å². The molecule has 4 heteroatoms. The van der Waals surface area contributed by atoms with E-state index in [0.717, 1.165) is 11.6 Å². The molecule has 1 aliphatic carbocycles. The molecule has 1 unspecified atom stereocenters. The van der Waals surface area contributed by atoms with Crippen LogP contribution in [0, 0.1) is 11.7 Å². The van der Waals surface area contributed by atoms with Crippen molar-refractivity contribution in [3.05, 3.63) is 17.9 Å². The number of benzene rings is 1. The summed E-state index contributed by atoms with van der Waals surface area (Å²) in [5.74, 6) is 0.556. The number of ether oxygens (including phenoxy) is 1. The molecular weight excluding hydrogens is 219 g/mol. The van der Waals surface area contributed by atoms with Crippen LogP contribution in [0.25, 0.3) is 0 Å². The highest BCUT2D eigenvalue weighted by atomic mass is 19.1. The predicted octanol–water partition coefficient (Wildman–Crippen LogP) is 2.65. The van der Waals surface area contributed by atoms with E-state index in [1.807, 2.05) is 7.05 Å². The summed E-state index contributed by atoms with van der Waals surface area (Å²) in [6.45, 7) is 2.17. The predicted molar refractivity (Wildman–Crippen MR) is 68.0 cm³/mol. The maximum atomic E-state index is 13.4. The first-order chi connectivity index (χ1) is 8.04. The Hall–Kier alpha value is -1.45. The van der Waals surface area contributed by atoms with Crippen molar-refractivity contribution in [1.82, 2.24) is 0 Å². The van der Waals surface area contributed by atoms with Gasteiger partial charge in [0.15, 0.2) is 11.6 Å². The normalized spacial score (nSPS) is 16.7. The van der Waals surface area contributed by atoms with Crippen molar-refractivity contribution in [2.75, 3.05) is 24.8 Å². The van der Waals surface area contributed by atoms with Gasteiger partial charge in [-0.1, -0.05) is 0 Å². The van der Waals surface area contributed by atoms with Crippen LogP contribution in [0.3, 0.4) is 0 Å². The molecule has 0 bridgehead atoms. The Balaban J connectivity index is 2.29.